The van der Waals surface area contributed by atoms with E-state index in [0.717, 1.165) is 0 Å². The molecule has 2 N–H and O–H groups in total. The summed E-state index contributed by atoms with van der Waals surface area (Å²) < 4.78 is 5.86. The van der Waals surface area contributed by atoms with Gasteiger partial charge in [-0.15, -0.1) is 0 Å². The number of carbonyl (C=O) groups is 1. The minimum atomic E-state index is -0.970. The van der Waals surface area contributed by atoms with Crippen LogP contribution in [0.2, 0.25) is 0 Å². The van der Waals surface area contributed by atoms with Gasteiger partial charge >= 0.3 is 5.97 Å². The van der Waals surface area contributed by atoms with Crippen molar-refractivity contribution in [1.82, 2.24) is 0 Å². The van der Waals surface area contributed by atoms with Crippen molar-refractivity contribution in [3.63, 3.8) is 0 Å². The van der Waals surface area contributed by atoms with Crippen molar-refractivity contribution in [3.05, 3.63) is 29.8 Å². The molecule has 2 unspecified atom stereocenters. The third kappa shape index (κ3) is 3.72. The van der Waals surface area contributed by atoms with Crippen molar-refractivity contribution >= 4 is 11.7 Å². The molecule has 1 aromatic rings. The van der Waals surface area contributed by atoms with Crippen LogP contribution in [0.25, 0.3) is 0 Å². The first-order valence-corrected chi connectivity index (χ1v) is 6.89. The molecule has 6 heteroatoms. The molecule has 0 amide bonds. The minimum Gasteiger partial charge on any atom is -0.478 e. The van der Waals surface area contributed by atoms with Crippen LogP contribution >= 0.6 is 0 Å². The number of carboxylic acid groups (broad SMARTS) is 1. The lowest BCUT2D eigenvalue weighted by Gasteiger charge is -2.42. The van der Waals surface area contributed by atoms with E-state index in [1.165, 1.54) is 6.07 Å². The van der Waals surface area contributed by atoms with Gasteiger partial charge in [0.05, 0.1) is 5.56 Å². The topological polar surface area (TPSA) is 77.0 Å². The third-order valence-corrected chi connectivity index (χ3v) is 3.21. The normalized spacial score (nSPS) is 24.8. The number of rotatable bonds is 4. The van der Waals surface area contributed by atoms with E-state index in [-0.39, 0.29) is 11.5 Å². The lowest BCUT2D eigenvalue weighted by Crippen LogP contribution is -2.54. The van der Waals surface area contributed by atoms with Gasteiger partial charge in [0.2, 0.25) is 0 Å². The molecule has 6 nitrogen and oxygen atoms in total. The zero-order chi connectivity index (χ0) is 15.6. The number of anilines is 1. The first-order chi connectivity index (χ1) is 9.79. The molecule has 0 aromatic heterocycles. The quantitative estimate of drug-likeness (QED) is 0.832. The maximum atomic E-state index is 11.0. The van der Waals surface area contributed by atoms with Gasteiger partial charge in [0.25, 0.3) is 0 Å². The lowest BCUT2D eigenvalue weighted by molar-refractivity contribution is -0.485. The molecule has 116 valence electrons. The highest BCUT2D eigenvalue weighted by Gasteiger charge is 2.41. The molecule has 0 bridgehead atoms. The molecule has 2 rings (SSSR count). The van der Waals surface area contributed by atoms with Gasteiger partial charge in [0.1, 0.15) is 5.60 Å². The summed E-state index contributed by atoms with van der Waals surface area (Å²) >= 11 is 0. The molecule has 1 saturated heterocycles. The monoisotopic (exact) mass is 295 g/mol. The van der Waals surface area contributed by atoms with Crippen molar-refractivity contribution < 1.29 is 24.4 Å². The zero-order valence-corrected chi connectivity index (χ0v) is 12.6. The highest BCUT2D eigenvalue weighted by molar-refractivity contribution is 5.88. The summed E-state index contributed by atoms with van der Waals surface area (Å²) in [5.74, 6) is -0.835. The van der Waals surface area contributed by atoms with Gasteiger partial charge in [0.15, 0.2) is 12.5 Å². The Morgan fingerprint density at radius 3 is 2.71 bits per heavy atom. The number of ether oxygens (including phenoxy) is 1. The largest absolute Gasteiger partial charge is 0.478 e. The molecule has 0 spiro atoms. The Kier molecular flexibility index (Phi) is 4.51. The smallest absolute Gasteiger partial charge is 0.335 e. The maximum absolute atomic E-state index is 11.0. The summed E-state index contributed by atoms with van der Waals surface area (Å²) in [6.45, 7) is 7.60. The van der Waals surface area contributed by atoms with Crippen LogP contribution in [0.5, 0.6) is 0 Å². The molecule has 21 heavy (non-hydrogen) atoms. The van der Waals surface area contributed by atoms with Gasteiger partial charge in [0, 0.05) is 11.6 Å². The molecular weight excluding hydrogens is 274 g/mol. The van der Waals surface area contributed by atoms with Gasteiger partial charge in [-0.1, -0.05) is 19.9 Å². The Morgan fingerprint density at radius 1 is 1.38 bits per heavy atom. The van der Waals surface area contributed by atoms with Crippen molar-refractivity contribution in [2.75, 3.05) is 5.32 Å². The van der Waals surface area contributed by atoms with Crippen LogP contribution in [-0.4, -0.2) is 29.2 Å². The fraction of sp³-hybridized carbons (Fsp3) is 0.533. The Morgan fingerprint density at radius 2 is 2.10 bits per heavy atom. The standard InChI is InChI=1S/C15H21NO5/c1-9(2)13-19-14(15(3,4)21-20-13)16-11-7-5-6-10(8-11)12(17)18/h5-9,13-14,16H,1-4H3,(H,17,18). The van der Waals surface area contributed by atoms with E-state index < -0.39 is 24.1 Å². The number of aromatic carboxylic acids is 1. The number of benzene rings is 1. The van der Waals surface area contributed by atoms with Crippen LogP contribution in [0.1, 0.15) is 38.1 Å². The highest BCUT2D eigenvalue weighted by Crippen LogP contribution is 2.30. The van der Waals surface area contributed by atoms with E-state index in [1.54, 1.807) is 18.2 Å². The Bertz CT molecular complexity index is 515. The summed E-state index contributed by atoms with van der Waals surface area (Å²) in [6, 6.07) is 6.56. The van der Waals surface area contributed by atoms with E-state index in [4.69, 9.17) is 19.6 Å². The number of hydrogen-bond acceptors (Lipinski definition) is 5. The fourth-order valence-electron chi connectivity index (χ4n) is 1.91. The second-order valence-electron chi connectivity index (χ2n) is 5.94. The van der Waals surface area contributed by atoms with Crippen LogP contribution in [0.4, 0.5) is 5.69 Å². The molecule has 0 aliphatic carbocycles. The van der Waals surface area contributed by atoms with Crippen molar-refractivity contribution in [1.29, 1.82) is 0 Å². The van der Waals surface area contributed by atoms with Crippen molar-refractivity contribution in [3.8, 4) is 0 Å². The minimum absolute atomic E-state index is 0.135. The van der Waals surface area contributed by atoms with Gasteiger partial charge < -0.3 is 15.2 Å². The Labute approximate surface area is 123 Å². The third-order valence-electron chi connectivity index (χ3n) is 3.21. The number of nitrogens with one attached hydrogen (secondary N) is 1. The summed E-state index contributed by atoms with van der Waals surface area (Å²) in [4.78, 5) is 21.6. The molecule has 1 heterocycles. The summed E-state index contributed by atoms with van der Waals surface area (Å²) in [7, 11) is 0. The first-order valence-electron chi connectivity index (χ1n) is 6.89. The van der Waals surface area contributed by atoms with Gasteiger partial charge in [-0.3, -0.25) is 0 Å². The maximum Gasteiger partial charge on any atom is 0.335 e. The Balaban J connectivity index is 2.15. The van der Waals surface area contributed by atoms with Gasteiger partial charge in [-0.25, -0.2) is 14.6 Å². The van der Waals surface area contributed by atoms with E-state index in [9.17, 15) is 4.79 Å². The molecule has 2 atom stereocenters. The van der Waals surface area contributed by atoms with Crippen LogP contribution < -0.4 is 5.32 Å². The van der Waals surface area contributed by atoms with E-state index in [1.807, 2.05) is 27.7 Å². The van der Waals surface area contributed by atoms with E-state index in [0.29, 0.717) is 5.69 Å². The average molecular weight is 295 g/mol. The molecule has 0 saturated carbocycles. The van der Waals surface area contributed by atoms with Crippen molar-refractivity contribution in [2.24, 2.45) is 5.92 Å². The van der Waals surface area contributed by atoms with Crippen LogP contribution in [0.3, 0.4) is 0 Å². The molecule has 1 fully saturated rings. The predicted molar refractivity (Wildman–Crippen MR) is 76.8 cm³/mol. The van der Waals surface area contributed by atoms with Gasteiger partial charge in [-0.2, -0.15) is 0 Å². The highest BCUT2D eigenvalue weighted by atomic mass is 17.2. The van der Waals surface area contributed by atoms with Crippen LogP contribution in [0.15, 0.2) is 24.3 Å². The van der Waals surface area contributed by atoms with Crippen molar-refractivity contribution in [2.45, 2.75) is 45.8 Å². The Hall–Kier alpha value is -1.63. The lowest BCUT2D eigenvalue weighted by atomic mass is 10.1. The SMILES string of the molecule is CC(C)C1OOC(C)(C)C(Nc2cccc(C(=O)O)c2)O1. The molecule has 1 aromatic carbocycles. The molecule has 1 aliphatic rings. The van der Waals surface area contributed by atoms with E-state index in [2.05, 4.69) is 5.32 Å². The summed E-state index contributed by atoms with van der Waals surface area (Å²) in [5, 5.41) is 12.2. The molecular formula is C15H21NO5. The fourth-order valence-corrected chi connectivity index (χ4v) is 1.91. The number of carboxylic acids is 1. The van der Waals surface area contributed by atoms with E-state index >= 15 is 0 Å². The first kappa shape index (κ1) is 15.8. The van der Waals surface area contributed by atoms with Crippen LogP contribution in [0, 0.1) is 5.92 Å². The second-order valence-corrected chi connectivity index (χ2v) is 5.94. The second kappa shape index (κ2) is 6.01. The molecule has 1 aliphatic heterocycles. The van der Waals surface area contributed by atoms with Gasteiger partial charge in [-0.05, 0) is 32.0 Å². The summed E-state index contributed by atoms with van der Waals surface area (Å²) in [6.07, 6.45) is -0.930. The average Bonchev–Trinajstić information content (AvgIpc) is 2.41. The molecule has 0 radical (unpaired) electrons. The van der Waals surface area contributed by atoms with Crippen LogP contribution in [-0.2, 0) is 14.5 Å². The predicted octanol–water partition coefficient (Wildman–Crippen LogP) is 2.86. The number of hydrogen-bond donors (Lipinski definition) is 2. The summed E-state index contributed by atoms with van der Waals surface area (Å²) in [5.41, 5.74) is 0.164. The zero-order valence-electron chi connectivity index (χ0n) is 12.6.